The van der Waals surface area contributed by atoms with Crippen LogP contribution >= 0.6 is 0 Å². The molecule has 0 radical (unpaired) electrons. The first kappa shape index (κ1) is 39.5. The number of hydrogen-bond acceptors (Lipinski definition) is 9. The largest absolute Gasteiger partial charge is 0.500 e. The van der Waals surface area contributed by atoms with E-state index < -0.39 is 25.9 Å². The molecule has 0 atom stereocenters. The second kappa shape index (κ2) is 24.0. The maximum absolute atomic E-state index is 6.02. The molecule has 236 valence electrons. The molecule has 0 bridgehead atoms. The van der Waals surface area contributed by atoms with E-state index in [4.69, 9.17) is 31.0 Å². The monoisotopic (exact) mass is 628 g/mol. The lowest BCUT2D eigenvalue weighted by Crippen LogP contribution is -2.48. The molecule has 0 rings (SSSR count). The van der Waals surface area contributed by atoms with E-state index in [1.54, 1.807) is 21.3 Å². The third-order valence-electron chi connectivity index (χ3n) is 7.10. The summed E-state index contributed by atoms with van der Waals surface area (Å²) >= 11 is 0. The van der Waals surface area contributed by atoms with Crippen LogP contribution < -0.4 is 10.6 Å². The topological polar surface area (TPSA) is 88.7 Å². The lowest BCUT2D eigenvalue weighted by Gasteiger charge is -2.27. The Morgan fingerprint density at radius 1 is 0.564 bits per heavy atom. The Hall–Kier alpha value is 0.508. The summed E-state index contributed by atoms with van der Waals surface area (Å²) in [4.78, 5) is 0. The molecule has 0 amide bonds. The van der Waals surface area contributed by atoms with Gasteiger partial charge in [0.15, 0.2) is 0 Å². The minimum Gasteiger partial charge on any atom is -0.395 e. The predicted octanol–water partition coefficient (Wildman–Crippen LogP) is 4.55. The molecule has 0 aliphatic heterocycles. The molecule has 39 heavy (non-hydrogen) atoms. The summed E-state index contributed by atoms with van der Waals surface area (Å²) in [5, 5.41) is 7.67. The number of rotatable bonds is 29. The molecule has 0 aromatic rings. The van der Waals surface area contributed by atoms with Crippen molar-refractivity contribution >= 4 is 35.4 Å². The van der Waals surface area contributed by atoms with E-state index in [9.17, 15) is 0 Å². The Labute approximate surface area is 246 Å². The van der Waals surface area contributed by atoms with Crippen LogP contribution in [0.5, 0.6) is 0 Å². The summed E-state index contributed by atoms with van der Waals surface area (Å²) in [5.41, 5.74) is 0. The zero-order chi connectivity index (χ0) is 29.5. The van der Waals surface area contributed by atoms with Crippen molar-refractivity contribution < 1.29 is 31.0 Å². The van der Waals surface area contributed by atoms with E-state index in [-0.39, 0.29) is 9.52 Å². The van der Waals surface area contributed by atoms with Crippen molar-refractivity contribution in [2.45, 2.75) is 109 Å². The van der Waals surface area contributed by atoms with Crippen LogP contribution in [0.15, 0.2) is 0 Å². The van der Waals surface area contributed by atoms with E-state index in [2.05, 4.69) is 51.4 Å². The Morgan fingerprint density at radius 2 is 0.974 bits per heavy atom. The van der Waals surface area contributed by atoms with Crippen LogP contribution in [0.25, 0.3) is 0 Å². The molecule has 13 heteroatoms. The summed E-state index contributed by atoms with van der Waals surface area (Å²) in [6.45, 7) is 17.5. The predicted molar refractivity (Wildman–Crippen MR) is 172 cm³/mol. The van der Waals surface area contributed by atoms with Crippen molar-refractivity contribution in [3.05, 3.63) is 0 Å². The highest BCUT2D eigenvalue weighted by Crippen LogP contribution is 2.19. The highest BCUT2D eigenvalue weighted by molar-refractivity contribution is 6.66. The number of hydrogen-bond donors (Lipinski definition) is 2. The van der Waals surface area contributed by atoms with E-state index in [1.165, 1.54) is 25.3 Å². The molecular weight excluding hydrogens is 565 g/mol. The number of unbranched alkanes of at least 4 members (excludes halogenated alkanes) is 3. The summed E-state index contributed by atoms with van der Waals surface area (Å²) < 4.78 is 40.7. The van der Waals surface area contributed by atoms with Gasteiger partial charge in [-0.15, -0.1) is 0 Å². The molecular formula is C26H64N2O7Si4. The molecule has 0 aromatic carbocycles. The van der Waals surface area contributed by atoms with Crippen LogP contribution in [-0.4, -0.2) is 102 Å². The normalized spacial score (nSPS) is 13.4. The number of nitrogens with one attached hydrogen (secondary N) is 2. The van der Waals surface area contributed by atoms with Crippen LogP contribution in [0.4, 0.5) is 0 Å². The fraction of sp³-hybridized carbons (Fsp3) is 1.00. The van der Waals surface area contributed by atoms with Gasteiger partial charge >= 0.3 is 25.9 Å². The maximum atomic E-state index is 6.02. The van der Waals surface area contributed by atoms with Gasteiger partial charge in [0.05, 0.1) is 9.52 Å². The molecule has 0 aromatic heterocycles. The second-order valence-corrected chi connectivity index (χ2v) is 22.2. The van der Waals surface area contributed by atoms with Gasteiger partial charge in [-0.3, -0.25) is 0 Å². The standard InChI is InChI=1S/C26H64N2O7Si4/c1-10-32-37(8,33-11-2)23-18-20-27-26(28-21-19-24-38(9,34-12-3)35-13-4)36-22-16-14-15-17-25-39(29-5,30-6)31-7/h26-28H,10-25,36H2,1-9H3. The van der Waals surface area contributed by atoms with Crippen LogP contribution in [0.2, 0.25) is 37.3 Å². The average molecular weight is 629 g/mol. The first-order valence-corrected chi connectivity index (χ1v) is 24.2. The highest BCUT2D eigenvalue weighted by atomic mass is 28.4. The van der Waals surface area contributed by atoms with Crippen molar-refractivity contribution in [3.8, 4) is 0 Å². The van der Waals surface area contributed by atoms with Crippen molar-refractivity contribution in [1.82, 2.24) is 10.6 Å². The van der Waals surface area contributed by atoms with E-state index in [0.717, 1.165) is 76.9 Å². The van der Waals surface area contributed by atoms with Gasteiger partial charge in [-0.25, -0.2) is 0 Å². The fourth-order valence-electron chi connectivity index (χ4n) is 5.02. The Morgan fingerprint density at radius 3 is 1.36 bits per heavy atom. The van der Waals surface area contributed by atoms with Crippen LogP contribution in [0.1, 0.15) is 66.2 Å². The SMILES string of the molecule is CCO[Si](C)(CCCNC(NCCC[Si](C)(OCC)OCC)[SiH2]CCCCCC[Si](OC)(OC)OC)OCC. The maximum Gasteiger partial charge on any atom is 0.500 e. The highest BCUT2D eigenvalue weighted by Gasteiger charge is 2.36. The van der Waals surface area contributed by atoms with Gasteiger partial charge in [0.2, 0.25) is 0 Å². The van der Waals surface area contributed by atoms with Crippen LogP contribution in [-0.2, 0) is 31.0 Å². The molecule has 9 nitrogen and oxygen atoms in total. The lowest BCUT2D eigenvalue weighted by atomic mass is 10.2. The van der Waals surface area contributed by atoms with Gasteiger partial charge in [0.25, 0.3) is 0 Å². The molecule has 0 heterocycles. The summed E-state index contributed by atoms with van der Waals surface area (Å²) in [7, 11) is -1.76. The Bertz CT molecular complexity index is 516. The summed E-state index contributed by atoms with van der Waals surface area (Å²) in [5.74, 6) is 0.444. The second-order valence-electron chi connectivity index (χ2n) is 10.3. The average Bonchev–Trinajstić information content (AvgIpc) is 2.91. The van der Waals surface area contributed by atoms with E-state index in [1.807, 2.05) is 0 Å². The lowest BCUT2D eigenvalue weighted by molar-refractivity contribution is 0.122. The summed E-state index contributed by atoms with van der Waals surface area (Å²) in [6, 6.07) is 4.27. The first-order chi connectivity index (χ1) is 18.7. The Kier molecular flexibility index (Phi) is 24.3. The quantitative estimate of drug-likeness (QED) is 0.0704. The zero-order valence-corrected chi connectivity index (χ0v) is 31.4. The fourth-order valence-corrected chi connectivity index (χ4v) is 13.5. The van der Waals surface area contributed by atoms with Crippen molar-refractivity contribution in [2.75, 3.05) is 60.8 Å². The third-order valence-corrected chi connectivity index (χ3v) is 18.1. The van der Waals surface area contributed by atoms with Crippen molar-refractivity contribution in [1.29, 1.82) is 0 Å². The van der Waals surface area contributed by atoms with Gasteiger partial charge < -0.3 is 41.6 Å². The Balaban J connectivity index is 4.63. The molecule has 0 spiro atoms. The molecule has 2 N–H and O–H groups in total. The zero-order valence-electron chi connectivity index (χ0n) is 27.0. The van der Waals surface area contributed by atoms with Gasteiger partial charge in [-0.05, 0) is 85.2 Å². The van der Waals surface area contributed by atoms with Gasteiger partial charge in [0.1, 0.15) is 0 Å². The van der Waals surface area contributed by atoms with Gasteiger partial charge in [-0.2, -0.15) is 0 Å². The first-order valence-electron chi connectivity index (χ1n) is 15.4. The smallest absolute Gasteiger partial charge is 0.395 e. The summed E-state index contributed by atoms with van der Waals surface area (Å²) in [6.07, 6.45) is 6.99. The van der Waals surface area contributed by atoms with Crippen LogP contribution in [0.3, 0.4) is 0 Å². The molecule has 0 aliphatic rings. The van der Waals surface area contributed by atoms with Crippen LogP contribution in [0, 0.1) is 0 Å². The minimum absolute atomic E-state index is 0.302. The molecule has 0 saturated heterocycles. The van der Waals surface area contributed by atoms with Gasteiger partial charge in [0, 0.05) is 59.6 Å². The van der Waals surface area contributed by atoms with Crippen molar-refractivity contribution in [3.63, 3.8) is 0 Å². The van der Waals surface area contributed by atoms with Crippen molar-refractivity contribution in [2.24, 2.45) is 0 Å². The molecule has 0 saturated carbocycles. The van der Waals surface area contributed by atoms with E-state index in [0.29, 0.717) is 5.79 Å². The third kappa shape index (κ3) is 18.6. The minimum atomic E-state index is -2.43. The van der Waals surface area contributed by atoms with E-state index >= 15 is 0 Å². The molecule has 0 fully saturated rings. The molecule has 0 aliphatic carbocycles. The van der Waals surface area contributed by atoms with Gasteiger partial charge in [-0.1, -0.05) is 25.3 Å². The molecule has 0 unspecified atom stereocenters.